The number of hydrogen-bond donors (Lipinski definition) is 0. The van der Waals surface area contributed by atoms with E-state index < -0.39 is 0 Å². The molecule has 1 rings (SSSR count). The zero-order valence-corrected chi connectivity index (χ0v) is 6.79. The molecule has 0 aromatic heterocycles. The molecular formula is C8H12O3. The molecule has 1 fully saturated rings. The molecule has 1 unspecified atom stereocenters. The molecule has 3 nitrogen and oxygen atoms in total. The van der Waals surface area contributed by atoms with Crippen LogP contribution in [0.3, 0.4) is 0 Å². The first-order valence-electron chi connectivity index (χ1n) is 3.69. The highest BCUT2D eigenvalue weighted by Gasteiger charge is 2.22. The number of carbonyl (C=O) groups excluding carboxylic acids is 1. The minimum Gasteiger partial charge on any atom is -0.432 e. The SMILES string of the molecule is C/C=C(\C)C(=O)OC1CCO1. The summed E-state index contributed by atoms with van der Waals surface area (Å²) in [5.41, 5.74) is 0.625. The van der Waals surface area contributed by atoms with Gasteiger partial charge >= 0.3 is 5.97 Å². The smallest absolute Gasteiger partial charge is 0.335 e. The molecule has 0 N–H and O–H groups in total. The molecule has 1 heterocycles. The summed E-state index contributed by atoms with van der Waals surface area (Å²) in [6, 6.07) is 0. The van der Waals surface area contributed by atoms with E-state index in [1.54, 1.807) is 19.9 Å². The average Bonchev–Trinajstić information content (AvgIpc) is 1.94. The van der Waals surface area contributed by atoms with Crippen LogP contribution in [0.4, 0.5) is 0 Å². The van der Waals surface area contributed by atoms with Gasteiger partial charge in [-0.05, 0) is 13.8 Å². The maximum absolute atomic E-state index is 11.0. The highest BCUT2D eigenvalue weighted by atomic mass is 16.7. The van der Waals surface area contributed by atoms with Crippen molar-refractivity contribution in [1.29, 1.82) is 0 Å². The molecule has 11 heavy (non-hydrogen) atoms. The van der Waals surface area contributed by atoms with Crippen molar-refractivity contribution in [2.24, 2.45) is 0 Å². The van der Waals surface area contributed by atoms with Gasteiger partial charge in [0.25, 0.3) is 0 Å². The molecule has 1 aliphatic rings. The monoisotopic (exact) mass is 156 g/mol. The first kappa shape index (κ1) is 8.27. The molecular weight excluding hydrogens is 144 g/mol. The van der Waals surface area contributed by atoms with Crippen LogP contribution in [0.1, 0.15) is 20.3 Å². The summed E-state index contributed by atoms with van der Waals surface area (Å²) in [6.45, 7) is 4.23. The molecule has 3 heteroatoms. The first-order chi connectivity index (χ1) is 5.24. The molecule has 1 saturated heterocycles. The van der Waals surface area contributed by atoms with Gasteiger partial charge in [-0.25, -0.2) is 4.79 Å². The third-order valence-corrected chi connectivity index (χ3v) is 1.65. The van der Waals surface area contributed by atoms with Crippen LogP contribution in [0, 0.1) is 0 Å². The van der Waals surface area contributed by atoms with E-state index >= 15 is 0 Å². The van der Waals surface area contributed by atoms with Crippen LogP contribution in [0.2, 0.25) is 0 Å². The maximum Gasteiger partial charge on any atom is 0.335 e. The molecule has 1 atom stereocenters. The van der Waals surface area contributed by atoms with E-state index in [1.807, 2.05) is 0 Å². The van der Waals surface area contributed by atoms with Crippen LogP contribution in [0.15, 0.2) is 11.6 Å². The minimum absolute atomic E-state index is 0.280. The Hall–Kier alpha value is -0.830. The molecule has 0 saturated carbocycles. The number of rotatable bonds is 2. The van der Waals surface area contributed by atoms with E-state index in [0.29, 0.717) is 12.2 Å². The summed E-state index contributed by atoms with van der Waals surface area (Å²) in [7, 11) is 0. The second-order valence-corrected chi connectivity index (χ2v) is 2.47. The van der Waals surface area contributed by atoms with Crippen LogP contribution in [0.5, 0.6) is 0 Å². The number of allylic oxidation sites excluding steroid dienone is 1. The van der Waals surface area contributed by atoms with Crippen LogP contribution in [-0.4, -0.2) is 18.9 Å². The lowest BCUT2D eigenvalue weighted by Gasteiger charge is -2.25. The van der Waals surface area contributed by atoms with Gasteiger partial charge in [0.15, 0.2) is 0 Å². The third-order valence-electron chi connectivity index (χ3n) is 1.65. The van der Waals surface area contributed by atoms with Crippen molar-refractivity contribution in [1.82, 2.24) is 0 Å². The molecule has 0 spiro atoms. The summed E-state index contributed by atoms with van der Waals surface area (Å²) < 4.78 is 9.84. The standard InChI is InChI=1S/C8H12O3/c1-3-6(2)8(9)11-7-4-5-10-7/h3,7H,4-5H2,1-2H3/b6-3+. The topological polar surface area (TPSA) is 35.5 Å². The van der Waals surface area contributed by atoms with Gasteiger partial charge < -0.3 is 9.47 Å². The quantitative estimate of drug-likeness (QED) is 0.445. The van der Waals surface area contributed by atoms with Crippen molar-refractivity contribution in [3.63, 3.8) is 0 Å². The number of esters is 1. The zero-order chi connectivity index (χ0) is 8.27. The van der Waals surface area contributed by atoms with E-state index in [2.05, 4.69) is 0 Å². The van der Waals surface area contributed by atoms with Gasteiger partial charge in [-0.3, -0.25) is 0 Å². The Bertz CT molecular complexity index is 180. The summed E-state index contributed by atoms with van der Waals surface area (Å²) in [5, 5.41) is 0. The molecule has 0 aliphatic carbocycles. The zero-order valence-electron chi connectivity index (χ0n) is 6.79. The summed E-state index contributed by atoms with van der Waals surface area (Å²) in [5.74, 6) is -0.280. The van der Waals surface area contributed by atoms with Gasteiger partial charge in [-0.15, -0.1) is 0 Å². The normalized spacial score (nSPS) is 24.2. The number of hydrogen-bond acceptors (Lipinski definition) is 3. The second-order valence-electron chi connectivity index (χ2n) is 2.47. The van der Waals surface area contributed by atoms with Crippen LogP contribution in [0.25, 0.3) is 0 Å². The van der Waals surface area contributed by atoms with Gasteiger partial charge in [-0.2, -0.15) is 0 Å². The lowest BCUT2D eigenvalue weighted by molar-refractivity contribution is -0.212. The Morgan fingerprint density at radius 2 is 2.36 bits per heavy atom. The van der Waals surface area contributed by atoms with Crippen molar-refractivity contribution in [2.75, 3.05) is 6.61 Å². The average molecular weight is 156 g/mol. The van der Waals surface area contributed by atoms with Crippen molar-refractivity contribution in [2.45, 2.75) is 26.6 Å². The Morgan fingerprint density at radius 3 is 2.73 bits per heavy atom. The maximum atomic E-state index is 11.0. The highest BCUT2D eigenvalue weighted by molar-refractivity contribution is 5.87. The third kappa shape index (κ3) is 2.05. The fraction of sp³-hybridized carbons (Fsp3) is 0.625. The molecule has 0 aromatic carbocycles. The Labute approximate surface area is 66.0 Å². The van der Waals surface area contributed by atoms with E-state index in [0.717, 1.165) is 6.42 Å². The van der Waals surface area contributed by atoms with E-state index in [9.17, 15) is 4.79 Å². The summed E-state index contributed by atoms with van der Waals surface area (Å²) >= 11 is 0. The van der Waals surface area contributed by atoms with Crippen molar-refractivity contribution >= 4 is 5.97 Å². The Kier molecular flexibility index (Phi) is 2.65. The van der Waals surface area contributed by atoms with E-state index in [4.69, 9.17) is 9.47 Å². The molecule has 0 amide bonds. The Morgan fingerprint density at radius 1 is 1.73 bits per heavy atom. The van der Waals surface area contributed by atoms with Crippen LogP contribution >= 0.6 is 0 Å². The molecule has 62 valence electrons. The van der Waals surface area contributed by atoms with Crippen LogP contribution in [-0.2, 0) is 14.3 Å². The van der Waals surface area contributed by atoms with Gasteiger partial charge in [0.1, 0.15) is 0 Å². The van der Waals surface area contributed by atoms with Gasteiger partial charge in [0.05, 0.1) is 6.61 Å². The molecule has 0 radical (unpaired) electrons. The predicted octanol–water partition coefficient (Wildman–Crippen LogP) is 1.24. The van der Waals surface area contributed by atoms with Crippen molar-refractivity contribution < 1.29 is 14.3 Å². The van der Waals surface area contributed by atoms with Crippen LogP contribution < -0.4 is 0 Å². The predicted molar refractivity (Wildman–Crippen MR) is 39.9 cm³/mol. The summed E-state index contributed by atoms with van der Waals surface area (Å²) in [6.07, 6.45) is 2.25. The fourth-order valence-corrected chi connectivity index (χ4v) is 0.637. The number of carbonyl (C=O) groups is 1. The van der Waals surface area contributed by atoms with Crippen molar-refractivity contribution in [3.05, 3.63) is 11.6 Å². The summed E-state index contributed by atoms with van der Waals surface area (Å²) in [4.78, 5) is 11.0. The highest BCUT2D eigenvalue weighted by Crippen LogP contribution is 2.13. The first-order valence-corrected chi connectivity index (χ1v) is 3.69. The van der Waals surface area contributed by atoms with Gasteiger partial charge in [0.2, 0.25) is 6.29 Å². The number of ether oxygens (including phenoxy) is 2. The van der Waals surface area contributed by atoms with E-state index in [-0.39, 0.29) is 12.3 Å². The van der Waals surface area contributed by atoms with Crippen molar-refractivity contribution in [3.8, 4) is 0 Å². The molecule has 0 aromatic rings. The lowest BCUT2D eigenvalue weighted by atomic mass is 10.3. The fourth-order valence-electron chi connectivity index (χ4n) is 0.637. The van der Waals surface area contributed by atoms with Gasteiger partial charge in [0, 0.05) is 12.0 Å². The van der Waals surface area contributed by atoms with E-state index in [1.165, 1.54) is 0 Å². The van der Waals surface area contributed by atoms with Gasteiger partial charge in [-0.1, -0.05) is 6.08 Å². The molecule has 1 aliphatic heterocycles. The lowest BCUT2D eigenvalue weighted by Crippen LogP contribution is -2.32. The largest absolute Gasteiger partial charge is 0.432 e. The Balaban J connectivity index is 2.30. The molecule has 0 bridgehead atoms. The minimum atomic E-state index is -0.294. The second kappa shape index (κ2) is 3.53.